The summed E-state index contributed by atoms with van der Waals surface area (Å²) < 4.78 is 0.593. The van der Waals surface area contributed by atoms with Crippen molar-refractivity contribution in [3.63, 3.8) is 0 Å². The Kier molecular flexibility index (Phi) is 3.25. The van der Waals surface area contributed by atoms with Crippen LogP contribution < -0.4 is 10.5 Å². The summed E-state index contributed by atoms with van der Waals surface area (Å²) in [6, 6.07) is 0.104. The van der Waals surface area contributed by atoms with Gasteiger partial charge in [-0.05, 0) is 35.4 Å². The van der Waals surface area contributed by atoms with Gasteiger partial charge in [-0.15, -0.1) is 0 Å². The van der Waals surface area contributed by atoms with Gasteiger partial charge in [0.05, 0.1) is 19.0 Å². The van der Waals surface area contributed by atoms with Crippen LogP contribution in [-0.2, 0) is 0 Å². The smallest absolute Gasteiger partial charge is 0.266 e. The molecule has 0 spiro atoms. The molecule has 1 saturated heterocycles. The highest BCUT2D eigenvalue weighted by molar-refractivity contribution is 14.1. The molecule has 1 fully saturated rings. The molecule has 1 unspecified atom stereocenters. The van der Waals surface area contributed by atoms with E-state index in [4.69, 9.17) is 0 Å². The first-order chi connectivity index (χ1) is 7.24. The van der Waals surface area contributed by atoms with Crippen LogP contribution in [-0.4, -0.2) is 34.3 Å². The van der Waals surface area contributed by atoms with Crippen LogP contribution in [0.15, 0.2) is 11.1 Å². The highest BCUT2D eigenvalue weighted by Crippen LogP contribution is 2.25. The average Bonchev–Trinajstić information content (AvgIpc) is 2.70. The zero-order valence-electron chi connectivity index (χ0n) is 8.11. The molecule has 1 aromatic rings. The number of anilines is 1. The number of aromatic amines is 1. The zero-order valence-corrected chi connectivity index (χ0v) is 10.3. The lowest BCUT2D eigenvalue weighted by Gasteiger charge is -2.24. The minimum atomic E-state index is -0.121. The molecule has 1 aliphatic rings. The van der Waals surface area contributed by atoms with Crippen LogP contribution in [0.5, 0.6) is 0 Å². The van der Waals surface area contributed by atoms with Crippen LogP contribution in [0.4, 0.5) is 5.82 Å². The van der Waals surface area contributed by atoms with Crippen molar-refractivity contribution < 1.29 is 5.11 Å². The van der Waals surface area contributed by atoms with Crippen molar-refractivity contribution in [1.29, 1.82) is 0 Å². The monoisotopic (exact) mass is 321 g/mol. The van der Waals surface area contributed by atoms with Gasteiger partial charge in [-0.2, -0.15) is 0 Å². The summed E-state index contributed by atoms with van der Waals surface area (Å²) in [5.74, 6) is 0.691. The number of aliphatic hydroxyl groups excluding tert-OH is 1. The minimum Gasteiger partial charge on any atom is -0.394 e. The van der Waals surface area contributed by atoms with E-state index in [0.717, 1.165) is 19.4 Å². The Labute approximate surface area is 101 Å². The van der Waals surface area contributed by atoms with Gasteiger partial charge in [0, 0.05) is 6.54 Å². The lowest BCUT2D eigenvalue weighted by atomic mass is 10.2. The third-order valence-corrected chi connectivity index (χ3v) is 3.61. The maximum atomic E-state index is 11.4. The minimum absolute atomic E-state index is 0.104. The molecule has 0 amide bonds. The quantitative estimate of drug-likeness (QED) is 0.771. The van der Waals surface area contributed by atoms with Gasteiger partial charge in [0.1, 0.15) is 9.39 Å². The van der Waals surface area contributed by atoms with Crippen molar-refractivity contribution in [3.05, 3.63) is 20.3 Å². The molecule has 0 aromatic carbocycles. The summed E-state index contributed by atoms with van der Waals surface area (Å²) in [7, 11) is 0. The van der Waals surface area contributed by atoms with E-state index in [-0.39, 0.29) is 18.2 Å². The van der Waals surface area contributed by atoms with Gasteiger partial charge in [0.25, 0.3) is 5.56 Å². The van der Waals surface area contributed by atoms with E-state index in [2.05, 4.69) is 9.97 Å². The van der Waals surface area contributed by atoms with Gasteiger partial charge in [-0.3, -0.25) is 4.79 Å². The lowest BCUT2D eigenvalue weighted by Crippen LogP contribution is -2.34. The van der Waals surface area contributed by atoms with Gasteiger partial charge >= 0.3 is 0 Å². The van der Waals surface area contributed by atoms with Gasteiger partial charge in [0.15, 0.2) is 0 Å². The SMILES string of the molecule is O=c1[nH]cnc(N2CCCC2CO)c1I. The maximum absolute atomic E-state index is 11.4. The Morgan fingerprint density at radius 3 is 3.27 bits per heavy atom. The van der Waals surface area contributed by atoms with E-state index >= 15 is 0 Å². The van der Waals surface area contributed by atoms with E-state index in [1.54, 1.807) is 0 Å². The van der Waals surface area contributed by atoms with Crippen LogP contribution >= 0.6 is 22.6 Å². The van der Waals surface area contributed by atoms with Gasteiger partial charge in [0.2, 0.25) is 0 Å². The Balaban J connectivity index is 2.36. The second-order valence-corrected chi connectivity index (χ2v) is 4.62. The molecule has 5 nitrogen and oxygen atoms in total. The second-order valence-electron chi connectivity index (χ2n) is 3.54. The molecule has 2 heterocycles. The van der Waals surface area contributed by atoms with E-state index in [0.29, 0.717) is 9.39 Å². The summed E-state index contributed by atoms with van der Waals surface area (Å²) in [6.45, 7) is 0.974. The Bertz CT molecular complexity index is 407. The highest BCUT2D eigenvalue weighted by Gasteiger charge is 2.26. The molecule has 82 valence electrons. The predicted octanol–water partition coefficient (Wildman–Crippen LogP) is 0.336. The third kappa shape index (κ3) is 2.00. The molecule has 2 N–H and O–H groups in total. The van der Waals surface area contributed by atoms with E-state index in [9.17, 15) is 9.90 Å². The van der Waals surface area contributed by atoms with Crippen molar-refractivity contribution in [1.82, 2.24) is 9.97 Å². The van der Waals surface area contributed by atoms with Crippen LogP contribution in [0.2, 0.25) is 0 Å². The van der Waals surface area contributed by atoms with Crippen LogP contribution in [0.25, 0.3) is 0 Å². The van der Waals surface area contributed by atoms with E-state index in [1.165, 1.54) is 6.33 Å². The standard InChI is InChI=1S/C9H12IN3O2/c10-7-8(11-5-12-9(7)15)13-3-1-2-6(13)4-14/h5-6,14H,1-4H2,(H,11,12,15). The number of aromatic nitrogens is 2. The molecule has 0 radical (unpaired) electrons. The van der Waals surface area contributed by atoms with Crippen LogP contribution in [0, 0.1) is 3.57 Å². The lowest BCUT2D eigenvalue weighted by molar-refractivity contribution is 0.266. The molecule has 0 saturated carbocycles. The fourth-order valence-corrected chi connectivity index (χ4v) is 2.48. The van der Waals surface area contributed by atoms with Crippen molar-refractivity contribution in [2.24, 2.45) is 0 Å². The summed E-state index contributed by atoms with van der Waals surface area (Å²) in [4.78, 5) is 20.1. The average molecular weight is 321 g/mol. The number of aliphatic hydroxyl groups is 1. The molecule has 0 bridgehead atoms. The molecular formula is C9H12IN3O2. The zero-order chi connectivity index (χ0) is 10.8. The number of halogens is 1. The number of nitrogens with one attached hydrogen (secondary N) is 1. The fourth-order valence-electron chi connectivity index (χ4n) is 1.88. The highest BCUT2D eigenvalue weighted by atomic mass is 127. The van der Waals surface area contributed by atoms with Crippen molar-refractivity contribution in [3.8, 4) is 0 Å². The third-order valence-electron chi connectivity index (χ3n) is 2.64. The molecule has 1 atom stereocenters. The van der Waals surface area contributed by atoms with E-state index < -0.39 is 0 Å². The Morgan fingerprint density at radius 2 is 2.53 bits per heavy atom. The summed E-state index contributed by atoms with van der Waals surface area (Å²) in [6.07, 6.45) is 3.41. The fraction of sp³-hybridized carbons (Fsp3) is 0.556. The number of hydrogen-bond acceptors (Lipinski definition) is 4. The second kappa shape index (κ2) is 4.48. The van der Waals surface area contributed by atoms with E-state index in [1.807, 2.05) is 27.5 Å². The summed E-state index contributed by atoms with van der Waals surface area (Å²) in [5, 5.41) is 9.20. The normalized spacial score (nSPS) is 20.9. The number of rotatable bonds is 2. The molecule has 1 aliphatic heterocycles. The maximum Gasteiger partial charge on any atom is 0.266 e. The van der Waals surface area contributed by atoms with Crippen molar-refractivity contribution >= 4 is 28.4 Å². The Hall–Kier alpha value is -0.630. The van der Waals surface area contributed by atoms with Gasteiger partial charge in [-0.1, -0.05) is 0 Å². The molecule has 2 rings (SSSR count). The van der Waals surface area contributed by atoms with Crippen LogP contribution in [0.1, 0.15) is 12.8 Å². The first-order valence-electron chi connectivity index (χ1n) is 4.84. The number of nitrogens with zero attached hydrogens (tertiary/aromatic N) is 2. The molecule has 6 heteroatoms. The largest absolute Gasteiger partial charge is 0.394 e. The number of H-pyrrole nitrogens is 1. The summed E-state index contributed by atoms with van der Waals surface area (Å²) >= 11 is 1.99. The number of hydrogen-bond donors (Lipinski definition) is 2. The summed E-state index contributed by atoms with van der Waals surface area (Å²) in [5.41, 5.74) is -0.121. The molecule has 0 aliphatic carbocycles. The van der Waals surface area contributed by atoms with Crippen molar-refractivity contribution in [2.45, 2.75) is 18.9 Å². The Morgan fingerprint density at radius 1 is 1.73 bits per heavy atom. The first-order valence-corrected chi connectivity index (χ1v) is 5.92. The molecular weight excluding hydrogens is 309 g/mol. The molecule has 1 aromatic heterocycles. The van der Waals surface area contributed by atoms with Crippen LogP contribution in [0.3, 0.4) is 0 Å². The topological polar surface area (TPSA) is 69.2 Å². The van der Waals surface area contributed by atoms with Crippen molar-refractivity contribution in [2.75, 3.05) is 18.1 Å². The predicted molar refractivity (Wildman–Crippen MR) is 65.0 cm³/mol. The van der Waals surface area contributed by atoms with Gasteiger partial charge in [-0.25, -0.2) is 4.98 Å². The molecule has 15 heavy (non-hydrogen) atoms. The first kappa shape index (κ1) is 10.9. The van der Waals surface area contributed by atoms with Gasteiger partial charge < -0.3 is 15.0 Å².